The molecular weight excluding hydrogens is 507 g/mol. The lowest BCUT2D eigenvalue weighted by Crippen LogP contribution is -2.62. The number of nitrogens with one attached hydrogen (secondary N) is 1. The monoisotopic (exact) mass is 542 g/mol. The molecule has 1 heterocycles. The maximum absolute atomic E-state index is 13.6. The lowest BCUT2D eigenvalue weighted by molar-refractivity contribution is -0.183. The lowest BCUT2D eigenvalue weighted by Gasteiger charge is -2.62. The van der Waals surface area contributed by atoms with Crippen LogP contribution >= 0.6 is 22.6 Å². The highest BCUT2D eigenvalue weighted by Gasteiger charge is 2.57. The molecule has 172 valence electrons. The molecule has 0 aromatic heterocycles. The van der Waals surface area contributed by atoms with Crippen LogP contribution in [-0.2, 0) is 16.2 Å². The second kappa shape index (κ2) is 8.89. The molecule has 8 atom stereocenters. The van der Waals surface area contributed by atoms with E-state index in [1.165, 1.54) is 6.42 Å². The minimum absolute atomic E-state index is 0.108. The van der Waals surface area contributed by atoms with Gasteiger partial charge < -0.3 is 15.5 Å². The molecule has 1 aliphatic heterocycles. The van der Waals surface area contributed by atoms with Crippen LogP contribution in [0.5, 0.6) is 0 Å². The number of amides is 1. The van der Waals surface area contributed by atoms with Crippen molar-refractivity contribution in [1.29, 1.82) is 0 Å². The Balaban J connectivity index is 1.53. The Hall–Kier alpha value is -0.740. The first-order chi connectivity index (χ1) is 14.6. The summed E-state index contributed by atoms with van der Waals surface area (Å²) < 4.78 is 1.11. The Morgan fingerprint density at radius 1 is 1.39 bits per heavy atom. The molecule has 7 heteroatoms. The smallest absolute Gasteiger partial charge is 0.240 e. The normalized spacial score (nSPS) is 37.8. The number of aliphatic hydroxyl groups is 2. The average Bonchev–Trinajstić information content (AvgIpc) is 3.07. The van der Waals surface area contributed by atoms with Gasteiger partial charge in [-0.25, -0.2) is 0 Å². The molecular formula is C24H35IN2O4. The Morgan fingerprint density at radius 2 is 2.13 bits per heavy atom. The van der Waals surface area contributed by atoms with Gasteiger partial charge in [0.25, 0.3) is 0 Å². The summed E-state index contributed by atoms with van der Waals surface area (Å²) >= 11 is 2.27. The van der Waals surface area contributed by atoms with Crippen LogP contribution in [0.15, 0.2) is 24.3 Å². The van der Waals surface area contributed by atoms with Gasteiger partial charge in [-0.2, -0.15) is 5.06 Å². The minimum Gasteiger partial charge on any atom is -0.394 e. The number of halogens is 1. The summed E-state index contributed by atoms with van der Waals surface area (Å²) in [5.74, 6) is 1.12. The number of rotatable bonds is 6. The highest BCUT2D eigenvalue weighted by atomic mass is 127. The van der Waals surface area contributed by atoms with Crippen LogP contribution in [0, 0.1) is 32.7 Å². The fourth-order valence-electron chi connectivity index (χ4n) is 6.30. The van der Waals surface area contributed by atoms with Gasteiger partial charge in [-0.3, -0.25) is 9.63 Å². The van der Waals surface area contributed by atoms with Gasteiger partial charge in [0.05, 0.1) is 19.3 Å². The predicted octanol–water partition coefficient (Wildman–Crippen LogP) is 2.95. The first-order valence-electron chi connectivity index (χ1n) is 11.4. The van der Waals surface area contributed by atoms with Gasteiger partial charge in [-0.15, -0.1) is 0 Å². The summed E-state index contributed by atoms with van der Waals surface area (Å²) in [5, 5.41) is 25.3. The van der Waals surface area contributed by atoms with Crippen molar-refractivity contribution in [2.75, 3.05) is 6.61 Å². The Kier molecular flexibility index (Phi) is 6.72. The second-order valence-corrected chi connectivity index (χ2v) is 11.6. The number of carbonyl (C=O) groups excluding carboxylic acids is 1. The molecule has 2 bridgehead atoms. The summed E-state index contributed by atoms with van der Waals surface area (Å²) in [7, 11) is 0. The molecule has 6 nitrogen and oxygen atoms in total. The number of hydroxylamine groups is 2. The summed E-state index contributed by atoms with van der Waals surface area (Å²) in [4.78, 5) is 19.6. The van der Waals surface area contributed by atoms with Crippen LogP contribution in [-0.4, -0.2) is 52.1 Å². The predicted molar refractivity (Wildman–Crippen MR) is 127 cm³/mol. The third-order valence-electron chi connectivity index (χ3n) is 8.29. The van der Waals surface area contributed by atoms with Gasteiger partial charge >= 0.3 is 0 Å². The van der Waals surface area contributed by atoms with Crippen LogP contribution in [0.3, 0.4) is 0 Å². The van der Waals surface area contributed by atoms with E-state index in [9.17, 15) is 15.0 Å². The van der Waals surface area contributed by atoms with Crippen molar-refractivity contribution >= 4 is 28.5 Å². The lowest BCUT2D eigenvalue weighted by atomic mass is 9.45. The largest absolute Gasteiger partial charge is 0.394 e. The summed E-state index contributed by atoms with van der Waals surface area (Å²) in [6.45, 7) is 8.82. The van der Waals surface area contributed by atoms with E-state index in [1.807, 2.05) is 18.2 Å². The first kappa shape index (κ1) is 23.4. The summed E-state index contributed by atoms with van der Waals surface area (Å²) in [6.07, 6.45) is 0.887. The van der Waals surface area contributed by atoms with Crippen LogP contribution < -0.4 is 5.32 Å². The number of aliphatic hydroxyl groups excluding tert-OH is 2. The van der Waals surface area contributed by atoms with Crippen molar-refractivity contribution in [2.24, 2.45) is 29.1 Å². The van der Waals surface area contributed by atoms with E-state index < -0.39 is 24.2 Å². The zero-order chi connectivity index (χ0) is 22.5. The van der Waals surface area contributed by atoms with Crippen molar-refractivity contribution in [3.05, 3.63) is 33.4 Å². The number of carbonyl (C=O) groups is 1. The number of fused-ring (bicyclic) bond motifs is 2. The Bertz CT molecular complexity index is 817. The fraction of sp³-hybridized carbons (Fsp3) is 0.708. The Labute approximate surface area is 198 Å². The van der Waals surface area contributed by atoms with Crippen LogP contribution in [0.25, 0.3) is 0 Å². The molecule has 1 amide bonds. The van der Waals surface area contributed by atoms with Crippen LogP contribution in [0.2, 0.25) is 0 Å². The highest BCUT2D eigenvalue weighted by molar-refractivity contribution is 14.1. The maximum atomic E-state index is 13.6. The molecule has 3 N–H and O–H groups in total. The number of benzene rings is 1. The summed E-state index contributed by atoms with van der Waals surface area (Å²) in [5.41, 5.74) is 1.39. The third-order valence-corrected chi connectivity index (χ3v) is 8.96. The van der Waals surface area contributed by atoms with E-state index in [1.54, 1.807) is 12.0 Å². The van der Waals surface area contributed by atoms with E-state index in [0.717, 1.165) is 15.6 Å². The molecule has 4 fully saturated rings. The van der Waals surface area contributed by atoms with Gasteiger partial charge in [-0.05, 0) is 83.2 Å². The van der Waals surface area contributed by atoms with Crippen LogP contribution in [0.1, 0.15) is 46.1 Å². The fourth-order valence-corrected chi connectivity index (χ4v) is 6.91. The second-order valence-electron chi connectivity index (χ2n) is 10.4. The van der Waals surface area contributed by atoms with E-state index in [-0.39, 0.29) is 18.6 Å². The first-order valence-corrected chi connectivity index (χ1v) is 12.5. The standard InChI is InChI=1S/C24H35IN2O4/c1-13-18-9-16(24(18,3)4)10-19(13)26-23(30)22-21(14(2)29)20(12-28)31-27(22)11-15-6-5-7-17(25)8-15/h5-8,13-14,16,18-22,28-29H,9-12H2,1-4H3,(H,26,30)/t13?,14-,16+,18-,19-,20?,21+,22-/m0/s1. The van der Waals surface area contributed by atoms with Gasteiger partial charge in [0.1, 0.15) is 12.1 Å². The zero-order valence-corrected chi connectivity index (χ0v) is 21.0. The van der Waals surface area contributed by atoms with Crippen molar-refractivity contribution in [1.82, 2.24) is 10.4 Å². The molecule has 1 saturated heterocycles. The van der Waals surface area contributed by atoms with E-state index in [2.05, 4.69) is 54.7 Å². The van der Waals surface area contributed by atoms with Crippen molar-refractivity contribution in [3.8, 4) is 0 Å². The zero-order valence-electron chi connectivity index (χ0n) is 18.8. The minimum atomic E-state index is -0.773. The van der Waals surface area contributed by atoms with Crippen molar-refractivity contribution in [3.63, 3.8) is 0 Å². The highest BCUT2D eigenvalue weighted by Crippen LogP contribution is 2.61. The molecule has 31 heavy (non-hydrogen) atoms. The third kappa shape index (κ3) is 4.28. The van der Waals surface area contributed by atoms with E-state index in [0.29, 0.717) is 29.7 Å². The van der Waals surface area contributed by atoms with E-state index in [4.69, 9.17) is 4.84 Å². The topological polar surface area (TPSA) is 82.0 Å². The van der Waals surface area contributed by atoms with Crippen molar-refractivity contribution < 1.29 is 19.8 Å². The number of nitrogens with zero attached hydrogens (tertiary/aromatic N) is 1. The van der Waals surface area contributed by atoms with Gasteiger partial charge in [0, 0.05) is 15.5 Å². The number of hydrogen-bond donors (Lipinski definition) is 3. The SMILES string of the molecule is CC1[C@@H](NC(=O)[C@@H]2[C@H]([C@H](C)O)C(CO)ON2Cc2cccc(I)c2)C[C@H]2C[C@@H]1C2(C)C. The molecule has 0 spiro atoms. The molecule has 0 radical (unpaired) electrons. The molecule has 4 aliphatic rings. The Morgan fingerprint density at radius 3 is 2.71 bits per heavy atom. The molecule has 1 aromatic rings. The molecule has 3 aliphatic carbocycles. The van der Waals surface area contributed by atoms with Crippen molar-refractivity contribution in [2.45, 2.75) is 71.4 Å². The average molecular weight is 542 g/mol. The van der Waals surface area contributed by atoms with Crippen LogP contribution in [0.4, 0.5) is 0 Å². The van der Waals surface area contributed by atoms with Gasteiger partial charge in [0.2, 0.25) is 5.91 Å². The molecule has 5 rings (SSSR count). The molecule has 3 saturated carbocycles. The maximum Gasteiger partial charge on any atom is 0.240 e. The quantitative estimate of drug-likeness (QED) is 0.482. The summed E-state index contributed by atoms with van der Waals surface area (Å²) in [6, 6.07) is 7.56. The van der Waals surface area contributed by atoms with Gasteiger partial charge in [0.15, 0.2) is 0 Å². The molecule has 1 aromatic carbocycles. The number of hydrogen-bond acceptors (Lipinski definition) is 5. The van der Waals surface area contributed by atoms with E-state index >= 15 is 0 Å². The van der Waals surface area contributed by atoms with Gasteiger partial charge in [-0.1, -0.05) is 32.9 Å². The molecule has 2 unspecified atom stereocenters.